The zero-order chi connectivity index (χ0) is 16.6. The molecular formula is C19H25N3O. The summed E-state index contributed by atoms with van der Waals surface area (Å²) in [6, 6.07) is 10.3. The van der Waals surface area contributed by atoms with Gasteiger partial charge in [0, 0.05) is 24.3 Å². The van der Waals surface area contributed by atoms with Gasteiger partial charge in [0.15, 0.2) is 0 Å². The lowest BCUT2D eigenvalue weighted by molar-refractivity contribution is 0.0727. The van der Waals surface area contributed by atoms with E-state index in [-0.39, 0.29) is 5.91 Å². The highest BCUT2D eigenvalue weighted by molar-refractivity contribution is 5.94. The molecule has 4 nitrogen and oxygen atoms in total. The number of rotatable bonds is 5. The molecular weight excluding hydrogens is 286 g/mol. The zero-order valence-corrected chi connectivity index (χ0v) is 14.4. The molecule has 0 unspecified atom stereocenters. The van der Waals surface area contributed by atoms with E-state index in [2.05, 4.69) is 25.0 Å². The summed E-state index contributed by atoms with van der Waals surface area (Å²) in [5.41, 5.74) is 4.10. The number of benzene rings is 1. The van der Waals surface area contributed by atoms with Crippen molar-refractivity contribution in [1.82, 2.24) is 14.7 Å². The quantitative estimate of drug-likeness (QED) is 0.848. The first-order chi connectivity index (χ1) is 11.0. The van der Waals surface area contributed by atoms with Crippen molar-refractivity contribution in [2.45, 2.75) is 46.2 Å². The van der Waals surface area contributed by atoms with Crippen LogP contribution in [0.15, 0.2) is 30.3 Å². The van der Waals surface area contributed by atoms with Gasteiger partial charge in [0.2, 0.25) is 0 Å². The van der Waals surface area contributed by atoms with Crippen LogP contribution in [0.5, 0.6) is 0 Å². The summed E-state index contributed by atoms with van der Waals surface area (Å²) in [6.07, 6.45) is 2.50. The molecule has 3 rings (SSSR count). The zero-order valence-electron chi connectivity index (χ0n) is 14.4. The Balaban J connectivity index is 1.69. The van der Waals surface area contributed by atoms with E-state index < -0.39 is 0 Å². The van der Waals surface area contributed by atoms with Gasteiger partial charge in [0.1, 0.15) is 0 Å². The van der Waals surface area contributed by atoms with Crippen LogP contribution in [0.4, 0.5) is 0 Å². The van der Waals surface area contributed by atoms with E-state index in [4.69, 9.17) is 0 Å². The molecule has 0 spiro atoms. The third kappa shape index (κ3) is 3.46. The lowest BCUT2D eigenvalue weighted by atomic mass is 10.1. The predicted molar refractivity (Wildman–Crippen MR) is 91.5 cm³/mol. The van der Waals surface area contributed by atoms with Gasteiger partial charge in [-0.05, 0) is 63.3 Å². The fourth-order valence-corrected chi connectivity index (χ4v) is 3.04. The van der Waals surface area contributed by atoms with E-state index in [1.165, 1.54) is 12.8 Å². The lowest BCUT2D eigenvalue weighted by Gasteiger charge is -2.25. The number of hydrogen-bond acceptors (Lipinski definition) is 2. The first kappa shape index (κ1) is 15.8. The summed E-state index contributed by atoms with van der Waals surface area (Å²) in [5, 5.41) is 4.48. The van der Waals surface area contributed by atoms with Crippen molar-refractivity contribution in [3.05, 3.63) is 52.8 Å². The Morgan fingerprint density at radius 2 is 1.96 bits per heavy atom. The Hall–Kier alpha value is -2.10. The monoisotopic (exact) mass is 311 g/mol. The topological polar surface area (TPSA) is 38.1 Å². The first-order valence-corrected chi connectivity index (χ1v) is 8.33. The van der Waals surface area contributed by atoms with Crippen LogP contribution in [0.2, 0.25) is 0 Å². The second kappa shape index (κ2) is 6.19. The van der Waals surface area contributed by atoms with Gasteiger partial charge >= 0.3 is 0 Å². The van der Waals surface area contributed by atoms with Gasteiger partial charge < -0.3 is 4.90 Å². The van der Waals surface area contributed by atoms with Crippen LogP contribution in [-0.4, -0.2) is 33.7 Å². The van der Waals surface area contributed by atoms with Crippen LogP contribution < -0.4 is 0 Å². The highest BCUT2D eigenvalue weighted by atomic mass is 16.2. The maximum absolute atomic E-state index is 12.6. The summed E-state index contributed by atoms with van der Waals surface area (Å²) in [6.45, 7) is 6.95. The third-order valence-corrected chi connectivity index (χ3v) is 4.87. The van der Waals surface area contributed by atoms with Gasteiger partial charge in [-0.2, -0.15) is 5.10 Å². The molecule has 122 valence electrons. The lowest BCUT2D eigenvalue weighted by Crippen LogP contribution is -2.36. The minimum absolute atomic E-state index is 0.113. The number of carbonyl (C=O) groups is 1. The summed E-state index contributed by atoms with van der Waals surface area (Å²) < 4.78 is 1.99. The van der Waals surface area contributed by atoms with Gasteiger partial charge in [0.25, 0.3) is 5.91 Å². The molecule has 2 aromatic rings. The van der Waals surface area contributed by atoms with E-state index in [1.807, 2.05) is 47.8 Å². The second-order valence-electron chi connectivity index (χ2n) is 6.78. The first-order valence-electron chi connectivity index (χ1n) is 8.33. The van der Waals surface area contributed by atoms with Crippen LogP contribution in [0, 0.1) is 19.8 Å². The molecule has 1 amide bonds. The summed E-state index contributed by atoms with van der Waals surface area (Å²) in [4.78, 5) is 14.4. The molecule has 1 aliphatic carbocycles. The fourth-order valence-electron chi connectivity index (χ4n) is 3.04. The predicted octanol–water partition coefficient (Wildman–Crippen LogP) is 3.42. The second-order valence-corrected chi connectivity index (χ2v) is 6.78. The standard InChI is InChI=1S/C19H25N3O/c1-13-11-14(2)22(20-13)12-16-5-7-18(8-6-16)19(23)21(4)15(3)17-9-10-17/h5-8,11,15,17H,9-10,12H2,1-4H3/t15-/m0/s1. The molecule has 4 heteroatoms. The Kier molecular flexibility index (Phi) is 4.24. The maximum Gasteiger partial charge on any atom is 0.253 e. The van der Waals surface area contributed by atoms with Crippen molar-refractivity contribution < 1.29 is 4.79 Å². The number of hydrogen-bond donors (Lipinski definition) is 0. The molecule has 1 saturated carbocycles. The van der Waals surface area contributed by atoms with Gasteiger partial charge in [-0.3, -0.25) is 9.48 Å². The van der Waals surface area contributed by atoms with Crippen molar-refractivity contribution in [1.29, 1.82) is 0 Å². The number of aromatic nitrogens is 2. The van der Waals surface area contributed by atoms with Gasteiger partial charge in [-0.15, -0.1) is 0 Å². The number of nitrogens with zero attached hydrogens (tertiary/aromatic N) is 3. The molecule has 1 aromatic carbocycles. The largest absolute Gasteiger partial charge is 0.339 e. The Labute approximate surface area is 138 Å². The molecule has 1 fully saturated rings. The molecule has 0 N–H and O–H groups in total. The van der Waals surface area contributed by atoms with Gasteiger partial charge in [-0.25, -0.2) is 0 Å². The van der Waals surface area contributed by atoms with E-state index in [0.717, 1.165) is 29.1 Å². The molecule has 1 aromatic heterocycles. The maximum atomic E-state index is 12.6. The van der Waals surface area contributed by atoms with E-state index in [9.17, 15) is 4.79 Å². The molecule has 23 heavy (non-hydrogen) atoms. The van der Waals surface area contributed by atoms with Crippen LogP contribution in [-0.2, 0) is 6.54 Å². The third-order valence-electron chi connectivity index (χ3n) is 4.87. The van der Waals surface area contributed by atoms with Gasteiger partial charge in [0.05, 0.1) is 12.2 Å². The molecule has 1 heterocycles. The molecule has 1 atom stereocenters. The van der Waals surface area contributed by atoms with Crippen molar-refractivity contribution in [2.75, 3.05) is 7.05 Å². The van der Waals surface area contributed by atoms with Crippen molar-refractivity contribution >= 4 is 5.91 Å². The van der Waals surface area contributed by atoms with Crippen molar-refractivity contribution in [2.24, 2.45) is 5.92 Å². The smallest absolute Gasteiger partial charge is 0.253 e. The van der Waals surface area contributed by atoms with Crippen LogP contribution >= 0.6 is 0 Å². The average Bonchev–Trinajstić information content (AvgIpc) is 3.33. The van der Waals surface area contributed by atoms with Crippen LogP contribution in [0.25, 0.3) is 0 Å². The highest BCUT2D eigenvalue weighted by Crippen LogP contribution is 2.35. The summed E-state index contributed by atoms with van der Waals surface area (Å²) in [5.74, 6) is 0.802. The summed E-state index contributed by atoms with van der Waals surface area (Å²) >= 11 is 0. The molecule has 0 saturated heterocycles. The number of carbonyl (C=O) groups excluding carboxylic acids is 1. The number of aryl methyl sites for hydroxylation is 2. The van der Waals surface area contributed by atoms with Crippen LogP contribution in [0.3, 0.4) is 0 Å². The molecule has 1 aliphatic rings. The van der Waals surface area contributed by atoms with Crippen molar-refractivity contribution in [3.8, 4) is 0 Å². The molecule has 0 radical (unpaired) electrons. The van der Waals surface area contributed by atoms with E-state index in [1.54, 1.807) is 0 Å². The highest BCUT2D eigenvalue weighted by Gasteiger charge is 2.32. The molecule has 0 bridgehead atoms. The van der Waals surface area contributed by atoms with Crippen molar-refractivity contribution in [3.63, 3.8) is 0 Å². The minimum atomic E-state index is 0.113. The van der Waals surface area contributed by atoms with E-state index in [0.29, 0.717) is 12.0 Å². The minimum Gasteiger partial charge on any atom is -0.339 e. The van der Waals surface area contributed by atoms with E-state index >= 15 is 0 Å². The average molecular weight is 311 g/mol. The Bertz CT molecular complexity index is 698. The normalized spacial score (nSPS) is 15.5. The fraction of sp³-hybridized carbons (Fsp3) is 0.474. The SMILES string of the molecule is Cc1cc(C)n(Cc2ccc(C(=O)N(C)[C@@H](C)C3CC3)cc2)n1. The molecule has 0 aliphatic heterocycles. The Morgan fingerprint density at radius 3 is 2.48 bits per heavy atom. The number of amides is 1. The summed E-state index contributed by atoms with van der Waals surface area (Å²) in [7, 11) is 1.91. The Morgan fingerprint density at radius 1 is 1.30 bits per heavy atom. The van der Waals surface area contributed by atoms with Gasteiger partial charge in [-0.1, -0.05) is 12.1 Å². The van der Waals surface area contributed by atoms with Crippen LogP contribution in [0.1, 0.15) is 47.1 Å².